The first kappa shape index (κ1) is 17.7. The second-order valence-corrected chi connectivity index (χ2v) is 7.38. The van der Waals surface area contributed by atoms with Gasteiger partial charge in [0.1, 0.15) is 0 Å². The van der Waals surface area contributed by atoms with Gasteiger partial charge in [-0.15, -0.1) is 0 Å². The van der Waals surface area contributed by atoms with Crippen LogP contribution in [0, 0.1) is 5.92 Å². The van der Waals surface area contributed by atoms with E-state index < -0.39 is 31.8 Å². The Kier molecular flexibility index (Phi) is 5.28. The number of nitrogens with one attached hydrogen (secondary N) is 1. The molecule has 0 aromatic carbocycles. The summed E-state index contributed by atoms with van der Waals surface area (Å²) in [5.41, 5.74) is -6.08. The second kappa shape index (κ2) is 6.86. The minimum Gasteiger partial charge on any atom is -0.352 e. The Balaban J connectivity index is 2.18. The summed E-state index contributed by atoms with van der Waals surface area (Å²) < 4.78 is 61.1. The molecule has 1 amide bonds. The summed E-state index contributed by atoms with van der Waals surface area (Å²) in [4.78, 5) is 15.4. The number of nitrogens with zero attached hydrogens (tertiary/aromatic N) is 1. The molecule has 128 valence electrons. The largest absolute Gasteiger partial charge is 0.503 e. The standard InChI is InChI=1S/C14H17F3N2O3S/c15-14(16,17)23(21,22)13-11(7-4-8-18-13)12(20)19-9-10-5-2-1-3-6-10/h4,7-8,10H,1-3,5-6,9H2,(H,19,20). The molecule has 0 unspecified atom stereocenters. The maximum Gasteiger partial charge on any atom is 0.503 e. The number of amides is 1. The summed E-state index contributed by atoms with van der Waals surface area (Å²) in [5.74, 6) is -0.585. The van der Waals surface area contributed by atoms with Crippen LogP contribution in [0.2, 0.25) is 0 Å². The number of alkyl halides is 3. The van der Waals surface area contributed by atoms with Crippen molar-refractivity contribution in [1.82, 2.24) is 10.3 Å². The van der Waals surface area contributed by atoms with Crippen LogP contribution in [-0.4, -0.2) is 31.4 Å². The Morgan fingerprint density at radius 3 is 2.52 bits per heavy atom. The number of halogens is 3. The Morgan fingerprint density at radius 1 is 1.26 bits per heavy atom. The number of carbonyl (C=O) groups excluding carboxylic acids is 1. The number of aromatic nitrogens is 1. The van der Waals surface area contributed by atoms with Crippen molar-refractivity contribution in [2.75, 3.05) is 6.54 Å². The third-order valence-electron chi connectivity index (χ3n) is 3.85. The molecule has 1 aliphatic carbocycles. The monoisotopic (exact) mass is 350 g/mol. The molecule has 0 spiro atoms. The Labute approximate surface area is 132 Å². The number of carbonyl (C=O) groups is 1. The molecular formula is C14H17F3N2O3S. The maximum absolute atomic E-state index is 12.7. The van der Waals surface area contributed by atoms with Crippen molar-refractivity contribution in [1.29, 1.82) is 0 Å². The number of rotatable bonds is 4. The van der Waals surface area contributed by atoms with E-state index in [1.807, 2.05) is 0 Å². The zero-order valence-electron chi connectivity index (χ0n) is 12.3. The lowest BCUT2D eigenvalue weighted by molar-refractivity contribution is -0.0438. The van der Waals surface area contributed by atoms with Gasteiger partial charge in [0, 0.05) is 12.7 Å². The van der Waals surface area contributed by atoms with Gasteiger partial charge in [-0.2, -0.15) is 13.2 Å². The molecule has 23 heavy (non-hydrogen) atoms. The summed E-state index contributed by atoms with van der Waals surface area (Å²) in [5, 5.41) is 1.27. The predicted octanol–water partition coefficient (Wildman–Crippen LogP) is 2.69. The minimum absolute atomic E-state index is 0.270. The molecule has 0 atom stereocenters. The van der Waals surface area contributed by atoms with E-state index in [9.17, 15) is 26.4 Å². The van der Waals surface area contributed by atoms with Crippen LogP contribution in [0.4, 0.5) is 13.2 Å². The van der Waals surface area contributed by atoms with Crippen LogP contribution in [0.1, 0.15) is 42.5 Å². The second-order valence-electron chi connectivity index (χ2n) is 5.52. The molecule has 1 aliphatic rings. The van der Waals surface area contributed by atoms with Crippen LogP contribution in [0.3, 0.4) is 0 Å². The fourth-order valence-electron chi connectivity index (χ4n) is 2.61. The average Bonchev–Trinajstić information content (AvgIpc) is 2.52. The van der Waals surface area contributed by atoms with Crippen LogP contribution in [0.25, 0.3) is 0 Å². The normalized spacial score (nSPS) is 17.0. The van der Waals surface area contributed by atoms with Crippen molar-refractivity contribution in [3.05, 3.63) is 23.9 Å². The molecule has 1 N–H and O–H groups in total. The van der Waals surface area contributed by atoms with E-state index in [4.69, 9.17) is 0 Å². The van der Waals surface area contributed by atoms with Crippen LogP contribution >= 0.6 is 0 Å². The van der Waals surface area contributed by atoms with Crippen molar-refractivity contribution in [3.8, 4) is 0 Å². The van der Waals surface area contributed by atoms with Gasteiger partial charge in [0.15, 0.2) is 5.03 Å². The number of sulfone groups is 1. The van der Waals surface area contributed by atoms with Gasteiger partial charge in [-0.05, 0) is 30.9 Å². The number of hydrogen-bond donors (Lipinski definition) is 1. The molecule has 2 rings (SSSR count). The molecule has 1 aromatic heterocycles. The first-order valence-corrected chi connectivity index (χ1v) is 8.76. The summed E-state index contributed by atoms with van der Waals surface area (Å²) in [6.07, 6.45) is 6.06. The van der Waals surface area contributed by atoms with Crippen LogP contribution in [-0.2, 0) is 9.84 Å². The van der Waals surface area contributed by atoms with Gasteiger partial charge < -0.3 is 5.32 Å². The summed E-state index contributed by atoms with van der Waals surface area (Å²) in [6.45, 7) is 0.319. The predicted molar refractivity (Wildman–Crippen MR) is 76.4 cm³/mol. The fourth-order valence-corrected chi connectivity index (χ4v) is 3.48. The van der Waals surface area contributed by atoms with Gasteiger partial charge >= 0.3 is 5.51 Å². The highest BCUT2D eigenvalue weighted by molar-refractivity contribution is 7.92. The van der Waals surface area contributed by atoms with E-state index in [2.05, 4.69) is 10.3 Å². The molecule has 0 aliphatic heterocycles. The van der Waals surface area contributed by atoms with Crippen molar-refractivity contribution >= 4 is 15.7 Å². The highest BCUT2D eigenvalue weighted by Gasteiger charge is 2.49. The van der Waals surface area contributed by atoms with Gasteiger partial charge in [0.25, 0.3) is 15.7 Å². The number of pyridine rings is 1. The molecule has 1 saturated carbocycles. The molecule has 1 aromatic rings. The van der Waals surface area contributed by atoms with E-state index in [1.54, 1.807) is 0 Å². The molecule has 0 radical (unpaired) electrons. The van der Waals surface area contributed by atoms with E-state index in [0.717, 1.165) is 44.4 Å². The van der Waals surface area contributed by atoms with Crippen molar-refractivity contribution in [2.24, 2.45) is 5.92 Å². The first-order valence-electron chi connectivity index (χ1n) is 7.28. The molecule has 0 saturated heterocycles. The summed E-state index contributed by atoms with van der Waals surface area (Å²) in [6, 6.07) is 2.26. The van der Waals surface area contributed by atoms with E-state index in [0.29, 0.717) is 6.54 Å². The van der Waals surface area contributed by atoms with Gasteiger partial charge in [-0.1, -0.05) is 19.3 Å². The Morgan fingerprint density at radius 2 is 1.91 bits per heavy atom. The topological polar surface area (TPSA) is 76.1 Å². The van der Waals surface area contributed by atoms with Gasteiger partial charge in [-0.3, -0.25) is 4.79 Å². The Hall–Kier alpha value is -1.64. The highest BCUT2D eigenvalue weighted by Crippen LogP contribution is 2.31. The molecular weight excluding hydrogens is 333 g/mol. The molecule has 0 bridgehead atoms. The lowest BCUT2D eigenvalue weighted by atomic mass is 9.89. The zero-order valence-corrected chi connectivity index (χ0v) is 13.1. The molecule has 5 nitrogen and oxygen atoms in total. The zero-order chi connectivity index (χ0) is 17.1. The highest BCUT2D eigenvalue weighted by atomic mass is 32.2. The summed E-state index contributed by atoms with van der Waals surface area (Å²) >= 11 is 0. The molecule has 1 fully saturated rings. The third kappa shape index (κ3) is 4.01. The lowest BCUT2D eigenvalue weighted by Crippen LogP contribution is -2.33. The van der Waals surface area contributed by atoms with Crippen LogP contribution in [0.15, 0.2) is 23.4 Å². The minimum atomic E-state index is -5.67. The average molecular weight is 350 g/mol. The van der Waals surface area contributed by atoms with E-state index in [-0.39, 0.29) is 5.92 Å². The van der Waals surface area contributed by atoms with Gasteiger partial charge in [-0.25, -0.2) is 13.4 Å². The first-order chi connectivity index (χ1) is 10.7. The third-order valence-corrected chi connectivity index (χ3v) is 5.29. The Bertz CT molecular complexity index is 668. The summed E-state index contributed by atoms with van der Waals surface area (Å²) in [7, 11) is -5.67. The van der Waals surface area contributed by atoms with Gasteiger partial charge in [0.05, 0.1) is 5.56 Å². The molecule has 1 heterocycles. The van der Waals surface area contributed by atoms with E-state index >= 15 is 0 Å². The maximum atomic E-state index is 12.7. The quantitative estimate of drug-likeness (QED) is 0.906. The molecule has 9 heteroatoms. The lowest BCUT2D eigenvalue weighted by Gasteiger charge is -2.22. The van der Waals surface area contributed by atoms with Crippen LogP contribution < -0.4 is 5.32 Å². The van der Waals surface area contributed by atoms with Crippen LogP contribution in [0.5, 0.6) is 0 Å². The van der Waals surface area contributed by atoms with Crippen molar-refractivity contribution in [3.63, 3.8) is 0 Å². The van der Waals surface area contributed by atoms with Crippen molar-refractivity contribution < 1.29 is 26.4 Å². The van der Waals surface area contributed by atoms with Crippen molar-refractivity contribution in [2.45, 2.75) is 42.6 Å². The number of hydrogen-bond acceptors (Lipinski definition) is 4. The smallest absolute Gasteiger partial charge is 0.352 e. The van der Waals surface area contributed by atoms with Gasteiger partial charge in [0.2, 0.25) is 0 Å². The SMILES string of the molecule is O=C(NCC1CCCCC1)c1cccnc1S(=O)(=O)C(F)(F)F. The van der Waals surface area contributed by atoms with E-state index in [1.165, 1.54) is 6.07 Å². The fraction of sp³-hybridized carbons (Fsp3) is 0.571.